The van der Waals surface area contributed by atoms with Crippen molar-refractivity contribution < 1.29 is 14.3 Å². The van der Waals surface area contributed by atoms with Crippen molar-refractivity contribution in [3.8, 4) is 0 Å². The van der Waals surface area contributed by atoms with Crippen molar-refractivity contribution in [2.75, 3.05) is 11.9 Å². The molecule has 2 heterocycles. The van der Waals surface area contributed by atoms with Crippen molar-refractivity contribution in [3.63, 3.8) is 0 Å². The number of carbonyl (C=O) groups is 1. The maximum Gasteiger partial charge on any atom is 0.322 e. The van der Waals surface area contributed by atoms with Crippen LogP contribution in [0.4, 0.5) is 10.5 Å². The summed E-state index contributed by atoms with van der Waals surface area (Å²) in [7, 11) is 0. The zero-order chi connectivity index (χ0) is 16.9. The number of hydrogen-bond acceptors (Lipinski definition) is 4. The second kappa shape index (κ2) is 5.48. The molecule has 1 aromatic heterocycles. The van der Waals surface area contributed by atoms with Crippen molar-refractivity contribution in [2.45, 2.75) is 57.1 Å². The van der Waals surface area contributed by atoms with Gasteiger partial charge in [0.1, 0.15) is 5.52 Å². The molecular weight excluding hydrogens is 306 g/mol. The fourth-order valence-corrected chi connectivity index (χ4v) is 3.47. The van der Waals surface area contributed by atoms with Crippen LogP contribution < -0.4 is 5.32 Å². The molecule has 0 radical (unpaired) electrons. The molecule has 1 atom stereocenters. The lowest BCUT2D eigenvalue weighted by atomic mass is 9.97. The van der Waals surface area contributed by atoms with E-state index in [4.69, 9.17) is 4.42 Å². The van der Waals surface area contributed by atoms with Crippen molar-refractivity contribution >= 4 is 22.8 Å². The number of urea groups is 1. The van der Waals surface area contributed by atoms with Gasteiger partial charge in [-0.15, -0.1) is 0 Å². The van der Waals surface area contributed by atoms with Crippen molar-refractivity contribution in [1.82, 2.24) is 9.88 Å². The summed E-state index contributed by atoms with van der Waals surface area (Å²) < 4.78 is 5.75. The van der Waals surface area contributed by atoms with Crippen LogP contribution in [0.15, 0.2) is 22.6 Å². The molecule has 1 saturated carbocycles. The molecule has 4 rings (SSSR count). The minimum Gasteiger partial charge on any atom is -0.440 e. The Labute approximate surface area is 140 Å². The van der Waals surface area contributed by atoms with Gasteiger partial charge in [-0.2, -0.15) is 0 Å². The minimum atomic E-state index is -0.900. The molecule has 2 amide bonds. The number of amides is 2. The highest BCUT2D eigenvalue weighted by molar-refractivity contribution is 5.92. The van der Waals surface area contributed by atoms with Crippen LogP contribution in [0.25, 0.3) is 11.1 Å². The van der Waals surface area contributed by atoms with E-state index in [2.05, 4.69) is 10.3 Å². The first kappa shape index (κ1) is 15.4. The van der Waals surface area contributed by atoms with Crippen LogP contribution in [0.1, 0.15) is 51.3 Å². The Morgan fingerprint density at radius 2 is 2.17 bits per heavy atom. The van der Waals surface area contributed by atoms with Crippen LogP contribution in [-0.2, 0) is 0 Å². The Kier molecular flexibility index (Phi) is 3.53. The predicted octanol–water partition coefficient (Wildman–Crippen LogP) is 3.47. The van der Waals surface area contributed by atoms with Gasteiger partial charge in [0.05, 0.1) is 11.6 Å². The molecule has 1 aromatic carbocycles. The third-order valence-corrected chi connectivity index (χ3v) is 4.91. The van der Waals surface area contributed by atoms with Gasteiger partial charge in [0.25, 0.3) is 0 Å². The minimum absolute atomic E-state index is 0.158. The Balaban J connectivity index is 1.51. The molecule has 0 spiro atoms. The van der Waals surface area contributed by atoms with Gasteiger partial charge in [-0.1, -0.05) is 0 Å². The highest BCUT2D eigenvalue weighted by Gasteiger charge is 2.38. The molecule has 24 heavy (non-hydrogen) atoms. The number of anilines is 1. The molecule has 1 saturated heterocycles. The number of aliphatic hydroxyl groups is 1. The monoisotopic (exact) mass is 329 g/mol. The predicted molar refractivity (Wildman–Crippen MR) is 91.0 cm³/mol. The number of carbonyl (C=O) groups excluding carboxylic acids is 1. The first-order chi connectivity index (χ1) is 11.4. The third-order valence-electron chi connectivity index (χ3n) is 4.91. The van der Waals surface area contributed by atoms with Gasteiger partial charge in [0, 0.05) is 18.2 Å². The van der Waals surface area contributed by atoms with Crippen molar-refractivity contribution in [2.24, 2.45) is 0 Å². The van der Waals surface area contributed by atoms with E-state index in [1.54, 1.807) is 18.7 Å². The molecule has 1 unspecified atom stereocenters. The quantitative estimate of drug-likeness (QED) is 0.904. The number of fused-ring (bicyclic) bond motifs is 1. The van der Waals surface area contributed by atoms with Crippen LogP contribution in [0, 0.1) is 0 Å². The molecule has 6 heteroatoms. The SMILES string of the molecule is CC(C)(O)C1CCCN1C(=O)Nc1ccc2oc(C3CC3)nc2c1. The van der Waals surface area contributed by atoms with E-state index in [1.807, 2.05) is 18.2 Å². The van der Waals surface area contributed by atoms with E-state index in [1.165, 1.54) is 0 Å². The number of benzene rings is 1. The second-order valence-corrected chi connectivity index (χ2v) is 7.44. The van der Waals surface area contributed by atoms with Crippen molar-refractivity contribution in [3.05, 3.63) is 24.1 Å². The summed E-state index contributed by atoms with van der Waals surface area (Å²) >= 11 is 0. The highest BCUT2D eigenvalue weighted by Crippen LogP contribution is 2.40. The summed E-state index contributed by atoms with van der Waals surface area (Å²) in [6, 6.07) is 5.19. The maximum atomic E-state index is 12.6. The number of aromatic nitrogens is 1. The van der Waals surface area contributed by atoms with Crippen LogP contribution in [0.3, 0.4) is 0 Å². The lowest BCUT2D eigenvalue weighted by Gasteiger charge is -2.33. The molecule has 2 aliphatic rings. The molecule has 1 aliphatic heterocycles. The normalized spacial score (nSPS) is 21.5. The van der Waals surface area contributed by atoms with E-state index < -0.39 is 5.60 Å². The van der Waals surface area contributed by atoms with Gasteiger partial charge >= 0.3 is 6.03 Å². The molecule has 6 nitrogen and oxygen atoms in total. The number of nitrogens with zero attached hydrogens (tertiary/aromatic N) is 2. The molecule has 2 aromatic rings. The average Bonchev–Trinajstić information content (AvgIpc) is 3.09. The van der Waals surface area contributed by atoms with Crippen LogP contribution in [0.2, 0.25) is 0 Å². The molecule has 1 aliphatic carbocycles. The lowest BCUT2D eigenvalue weighted by molar-refractivity contribution is 0.0117. The Bertz CT molecular complexity index is 773. The summed E-state index contributed by atoms with van der Waals surface area (Å²) in [5, 5.41) is 13.2. The third kappa shape index (κ3) is 2.86. The largest absolute Gasteiger partial charge is 0.440 e. The van der Waals surface area contributed by atoms with Gasteiger partial charge < -0.3 is 19.7 Å². The van der Waals surface area contributed by atoms with Gasteiger partial charge in [-0.05, 0) is 57.7 Å². The topological polar surface area (TPSA) is 78.6 Å². The number of hydrogen-bond donors (Lipinski definition) is 2. The molecule has 0 bridgehead atoms. The van der Waals surface area contributed by atoms with Gasteiger partial charge in [0.15, 0.2) is 11.5 Å². The molecule has 2 N–H and O–H groups in total. The summed E-state index contributed by atoms with van der Waals surface area (Å²) in [6.07, 6.45) is 4.02. The lowest BCUT2D eigenvalue weighted by Crippen LogP contribution is -2.49. The molecule has 128 valence electrons. The van der Waals surface area contributed by atoms with Crippen molar-refractivity contribution in [1.29, 1.82) is 0 Å². The van der Waals surface area contributed by atoms with E-state index in [0.29, 0.717) is 18.2 Å². The average molecular weight is 329 g/mol. The smallest absolute Gasteiger partial charge is 0.322 e. The first-order valence-corrected chi connectivity index (χ1v) is 8.62. The molecular formula is C18H23N3O3. The fraction of sp³-hybridized carbons (Fsp3) is 0.556. The Hall–Kier alpha value is -2.08. The summed E-state index contributed by atoms with van der Waals surface area (Å²) in [5.41, 5.74) is 1.33. The Morgan fingerprint density at radius 3 is 2.88 bits per heavy atom. The number of oxazole rings is 1. The van der Waals surface area contributed by atoms with E-state index >= 15 is 0 Å². The summed E-state index contributed by atoms with van der Waals surface area (Å²) in [5.74, 6) is 1.27. The van der Waals surface area contributed by atoms with E-state index in [0.717, 1.165) is 42.7 Å². The van der Waals surface area contributed by atoms with Crippen LogP contribution in [0.5, 0.6) is 0 Å². The maximum absolute atomic E-state index is 12.6. The Morgan fingerprint density at radius 1 is 1.38 bits per heavy atom. The van der Waals surface area contributed by atoms with Gasteiger partial charge in [0.2, 0.25) is 0 Å². The standard InChI is InChI=1S/C18H23N3O3/c1-18(2,23)15-4-3-9-21(15)17(22)19-12-7-8-14-13(10-12)20-16(24-14)11-5-6-11/h7-8,10-11,15,23H,3-6,9H2,1-2H3,(H,19,22). The van der Waals surface area contributed by atoms with Gasteiger partial charge in [-0.25, -0.2) is 9.78 Å². The van der Waals surface area contributed by atoms with Crippen LogP contribution >= 0.6 is 0 Å². The molecule has 2 fully saturated rings. The van der Waals surface area contributed by atoms with E-state index in [-0.39, 0.29) is 12.1 Å². The highest BCUT2D eigenvalue weighted by atomic mass is 16.3. The zero-order valence-corrected chi connectivity index (χ0v) is 14.1. The van der Waals surface area contributed by atoms with Crippen LogP contribution in [-0.4, -0.2) is 39.2 Å². The second-order valence-electron chi connectivity index (χ2n) is 7.44. The number of likely N-dealkylation sites (tertiary alicyclic amines) is 1. The summed E-state index contributed by atoms with van der Waals surface area (Å²) in [6.45, 7) is 4.17. The summed E-state index contributed by atoms with van der Waals surface area (Å²) in [4.78, 5) is 18.8. The first-order valence-electron chi connectivity index (χ1n) is 8.62. The fourth-order valence-electron chi connectivity index (χ4n) is 3.47. The number of nitrogens with one attached hydrogen (secondary N) is 1. The van der Waals surface area contributed by atoms with E-state index in [9.17, 15) is 9.90 Å². The number of rotatable bonds is 3. The van der Waals surface area contributed by atoms with Gasteiger partial charge in [-0.3, -0.25) is 0 Å². The zero-order valence-electron chi connectivity index (χ0n) is 14.1.